The fraction of sp³-hybridized carbons (Fsp3) is 0.100. The smallest absolute Gasteiger partial charge is 0.222 e. The minimum atomic E-state index is 0.278. The summed E-state index contributed by atoms with van der Waals surface area (Å²) in [5.74, 6) is 0.500. The van der Waals surface area contributed by atoms with Gasteiger partial charge in [-0.3, -0.25) is 0 Å². The third-order valence-corrected chi connectivity index (χ3v) is 2.35. The normalized spacial score (nSPS) is 10.4. The fourth-order valence-electron chi connectivity index (χ4n) is 1.38. The maximum atomic E-state index is 5.86. The molecule has 0 aliphatic carbocycles. The van der Waals surface area contributed by atoms with Crippen molar-refractivity contribution in [1.82, 2.24) is 4.98 Å². The Labute approximate surface area is 86.5 Å². The molecule has 1 aromatic heterocycles. The summed E-state index contributed by atoms with van der Waals surface area (Å²) in [6.45, 7) is 0. The second-order valence-electron chi connectivity index (χ2n) is 2.87. The van der Waals surface area contributed by atoms with Gasteiger partial charge in [-0.15, -0.1) is 0 Å². The molecule has 0 amide bonds. The molecule has 4 heteroatoms. The predicted octanol–water partition coefficient (Wildman–Crippen LogP) is 2.48. The van der Waals surface area contributed by atoms with Crippen LogP contribution in [-0.2, 0) is 0 Å². The van der Waals surface area contributed by atoms with Crippen molar-refractivity contribution in [3.05, 3.63) is 29.4 Å². The average molecular weight is 209 g/mol. The zero-order valence-corrected chi connectivity index (χ0v) is 8.38. The molecule has 2 aromatic rings. The van der Waals surface area contributed by atoms with Gasteiger partial charge in [0, 0.05) is 10.8 Å². The molecule has 0 saturated carbocycles. The molecule has 72 valence electrons. The SMILES string of the molecule is COc1nc(Cl)c(N)c2ccccc12. The Kier molecular flexibility index (Phi) is 2.17. The average Bonchev–Trinajstić information content (AvgIpc) is 2.23. The number of ether oxygens (including phenoxy) is 1. The molecule has 2 rings (SSSR count). The fourth-order valence-corrected chi connectivity index (χ4v) is 1.56. The highest BCUT2D eigenvalue weighted by Crippen LogP contribution is 2.32. The van der Waals surface area contributed by atoms with Crippen LogP contribution in [0.1, 0.15) is 0 Å². The van der Waals surface area contributed by atoms with Crippen LogP contribution >= 0.6 is 11.6 Å². The van der Waals surface area contributed by atoms with Gasteiger partial charge in [0.05, 0.1) is 12.8 Å². The van der Waals surface area contributed by atoms with Gasteiger partial charge in [-0.2, -0.15) is 4.98 Å². The quantitative estimate of drug-likeness (QED) is 0.733. The molecular weight excluding hydrogens is 200 g/mol. The Morgan fingerprint density at radius 2 is 1.93 bits per heavy atom. The molecule has 0 atom stereocenters. The summed E-state index contributed by atoms with van der Waals surface area (Å²) < 4.78 is 5.11. The summed E-state index contributed by atoms with van der Waals surface area (Å²) in [7, 11) is 1.56. The Morgan fingerprint density at radius 1 is 1.29 bits per heavy atom. The third-order valence-electron chi connectivity index (χ3n) is 2.06. The molecule has 0 spiro atoms. The molecule has 0 radical (unpaired) electrons. The van der Waals surface area contributed by atoms with Crippen LogP contribution in [0.15, 0.2) is 24.3 Å². The number of fused-ring (bicyclic) bond motifs is 1. The monoisotopic (exact) mass is 208 g/mol. The molecule has 2 N–H and O–H groups in total. The van der Waals surface area contributed by atoms with Gasteiger partial charge in [-0.1, -0.05) is 29.8 Å². The van der Waals surface area contributed by atoms with Crippen molar-refractivity contribution >= 4 is 28.1 Å². The van der Waals surface area contributed by atoms with Crippen molar-refractivity contribution in [1.29, 1.82) is 0 Å². The van der Waals surface area contributed by atoms with Crippen LogP contribution in [0.25, 0.3) is 10.8 Å². The van der Waals surface area contributed by atoms with E-state index in [4.69, 9.17) is 22.1 Å². The summed E-state index contributed by atoms with van der Waals surface area (Å²) >= 11 is 5.86. The number of hydrogen-bond donors (Lipinski definition) is 1. The van der Waals surface area contributed by atoms with E-state index in [1.807, 2.05) is 24.3 Å². The number of pyridine rings is 1. The van der Waals surface area contributed by atoms with Gasteiger partial charge in [0.25, 0.3) is 0 Å². The number of aromatic nitrogens is 1. The molecule has 0 fully saturated rings. The Morgan fingerprint density at radius 3 is 2.57 bits per heavy atom. The van der Waals surface area contributed by atoms with E-state index >= 15 is 0 Å². The highest BCUT2D eigenvalue weighted by atomic mass is 35.5. The third kappa shape index (κ3) is 1.26. The predicted molar refractivity (Wildman–Crippen MR) is 57.7 cm³/mol. The number of nitrogen functional groups attached to an aromatic ring is 1. The maximum Gasteiger partial charge on any atom is 0.222 e. The molecule has 1 aromatic carbocycles. The number of nitrogens with zero attached hydrogens (tertiary/aromatic N) is 1. The van der Waals surface area contributed by atoms with Crippen molar-refractivity contribution in [2.75, 3.05) is 12.8 Å². The number of benzene rings is 1. The molecular formula is C10H9ClN2O. The van der Waals surface area contributed by atoms with Crippen molar-refractivity contribution in [2.24, 2.45) is 0 Å². The number of methoxy groups -OCH3 is 1. The first-order chi connectivity index (χ1) is 6.74. The molecule has 3 nitrogen and oxygen atoms in total. The summed E-state index contributed by atoms with van der Waals surface area (Å²) in [6, 6.07) is 7.59. The first-order valence-electron chi connectivity index (χ1n) is 4.11. The van der Waals surface area contributed by atoms with Crippen LogP contribution in [0, 0.1) is 0 Å². The largest absolute Gasteiger partial charge is 0.481 e. The van der Waals surface area contributed by atoms with Gasteiger partial charge >= 0.3 is 0 Å². The van der Waals surface area contributed by atoms with Crippen molar-refractivity contribution in [3.8, 4) is 5.88 Å². The van der Waals surface area contributed by atoms with Crippen LogP contribution in [-0.4, -0.2) is 12.1 Å². The summed E-state index contributed by atoms with van der Waals surface area (Å²) in [5.41, 5.74) is 6.28. The standard InChI is InChI=1S/C10H9ClN2O/c1-14-10-7-5-3-2-4-6(7)8(12)9(11)13-10/h2-5H,12H2,1H3. The van der Waals surface area contributed by atoms with Gasteiger partial charge < -0.3 is 10.5 Å². The van der Waals surface area contributed by atoms with E-state index in [1.165, 1.54) is 0 Å². The van der Waals surface area contributed by atoms with Crippen molar-refractivity contribution < 1.29 is 4.74 Å². The van der Waals surface area contributed by atoms with E-state index < -0.39 is 0 Å². The summed E-state index contributed by atoms with van der Waals surface area (Å²) in [6.07, 6.45) is 0. The molecule has 1 heterocycles. The first kappa shape index (κ1) is 9.09. The summed E-state index contributed by atoms with van der Waals surface area (Å²) in [5, 5.41) is 2.02. The number of nitrogens with two attached hydrogens (primary N) is 1. The number of hydrogen-bond acceptors (Lipinski definition) is 3. The molecule has 0 aliphatic heterocycles. The second-order valence-corrected chi connectivity index (χ2v) is 3.23. The molecule has 0 saturated heterocycles. The first-order valence-corrected chi connectivity index (χ1v) is 4.49. The van der Waals surface area contributed by atoms with Gasteiger partial charge in [-0.05, 0) is 6.07 Å². The van der Waals surface area contributed by atoms with E-state index in [0.29, 0.717) is 11.6 Å². The lowest BCUT2D eigenvalue weighted by Crippen LogP contribution is -1.95. The van der Waals surface area contributed by atoms with Crippen molar-refractivity contribution in [3.63, 3.8) is 0 Å². The minimum Gasteiger partial charge on any atom is -0.481 e. The van der Waals surface area contributed by atoms with Gasteiger partial charge in [-0.25, -0.2) is 0 Å². The highest BCUT2D eigenvalue weighted by molar-refractivity contribution is 6.33. The highest BCUT2D eigenvalue weighted by Gasteiger charge is 2.09. The topological polar surface area (TPSA) is 48.1 Å². The van der Waals surface area contributed by atoms with Gasteiger partial charge in [0.2, 0.25) is 5.88 Å². The van der Waals surface area contributed by atoms with Gasteiger partial charge in [0.1, 0.15) is 0 Å². The number of rotatable bonds is 1. The van der Waals surface area contributed by atoms with E-state index in [2.05, 4.69) is 4.98 Å². The lowest BCUT2D eigenvalue weighted by molar-refractivity contribution is 0.403. The van der Waals surface area contributed by atoms with Crippen LogP contribution < -0.4 is 10.5 Å². The molecule has 0 aliphatic rings. The van der Waals surface area contributed by atoms with Crippen LogP contribution in [0.3, 0.4) is 0 Å². The van der Waals surface area contributed by atoms with Gasteiger partial charge in [0.15, 0.2) is 5.15 Å². The van der Waals surface area contributed by atoms with E-state index in [-0.39, 0.29) is 5.15 Å². The van der Waals surface area contributed by atoms with Crippen molar-refractivity contribution in [2.45, 2.75) is 0 Å². The molecule has 0 unspecified atom stereocenters. The number of anilines is 1. The Bertz CT molecular complexity index is 485. The minimum absolute atomic E-state index is 0.278. The second kappa shape index (κ2) is 3.35. The zero-order valence-electron chi connectivity index (χ0n) is 7.62. The molecule has 14 heavy (non-hydrogen) atoms. The Hall–Kier alpha value is -1.48. The van der Waals surface area contributed by atoms with E-state index in [9.17, 15) is 0 Å². The zero-order chi connectivity index (χ0) is 10.1. The number of halogens is 1. The maximum absolute atomic E-state index is 5.86. The van der Waals surface area contributed by atoms with Crippen LogP contribution in [0.5, 0.6) is 5.88 Å². The lowest BCUT2D eigenvalue weighted by Gasteiger charge is -2.07. The Balaban J connectivity index is 2.89. The molecule has 0 bridgehead atoms. The van der Waals surface area contributed by atoms with Crippen LogP contribution in [0.2, 0.25) is 5.15 Å². The summed E-state index contributed by atoms with van der Waals surface area (Å²) in [4.78, 5) is 4.04. The van der Waals surface area contributed by atoms with E-state index in [0.717, 1.165) is 10.8 Å². The van der Waals surface area contributed by atoms with E-state index in [1.54, 1.807) is 7.11 Å². The lowest BCUT2D eigenvalue weighted by atomic mass is 10.1. The van der Waals surface area contributed by atoms with Crippen LogP contribution in [0.4, 0.5) is 5.69 Å².